The van der Waals surface area contributed by atoms with Gasteiger partial charge in [0.05, 0.1) is 7.11 Å². The van der Waals surface area contributed by atoms with Gasteiger partial charge in [0, 0.05) is 23.8 Å². The van der Waals surface area contributed by atoms with Crippen molar-refractivity contribution in [1.29, 1.82) is 0 Å². The highest BCUT2D eigenvalue weighted by Crippen LogP contribution is 2.12. The van der Waals surface area contributed by atoms with Crippen LogP contribution >= 0.6 is 11.6 Å². The molecule has 0 aliphatic rings. The summed E-state index contributed by atoms with van der Waals surface area (Å²) in [6.45, 7) is 3.71. The first-order valence-corrected chi connectivity index (χ1v) is 6.41. The van der Waals surface area contributed by atoms with Gasteiger partial charge in [-0.25, -0.2) is 14.8 Å². The molecule has 2 rings (SSSR count). The molecule has 4 N–H and O–H groups in total. The molecule has 0 spiro atoms. The van der Waals surface area contributed by atoms with E-state index in [9.17, 15) is 4.79 Å². The van der Waals surface area contributed by atoms with E-state index in [-0.39, 0.29) is 5.69 Å². The topological polar surface area (TPSA) is 104 Å². The quantitative estimate of drug-likeness (QED) is 0.619. The van der Waals surface area contributed by atoms with E-state index in [0.29, 0.717) is 16.5 Å². The molecular formula is C14H17ClN4O2. The zero-order valence-electron chi connectivity index (χ0n) is 12.1. The number of carbonyl (C=O) groups is 1. The van der Waals surface area contributed by atoms with Crippen molar-refractivity contribution in [2.24, 2.45) is 0 Å². The van der Waals surface area contributed by atoms with Crippen LogP contribution in [0.3, 0.4) is 0 Å². The van der Waals surface area contributed by atoms with Crippen molar-refractivity contribution >= 4 is 28.9 Å². The lowest BCUT2D eigenvalue weighted by molar-refractivity contribution is 0.0594. The normalized spacial score (nSPS) is 9.52. The number of nitrogens with zero attached hydrogens (tertiary/aromatic N) is 2. The van der Waals surface area contributed by atoms with Gasteiger partial charge in [-0.15, -0.1) is 0 Å². The molecule has 2 aromatic rings. The highest BCUT2D eigenvalue weighted by atomic mass is 35.5. The van der Waals surface area contributed by atoms with E-state index in [0.717, 1.165) is 11.1 Å². The fourth-order valence-electron chi connectivity index (χ4n) is 1.27. The Kier molecular flexibility index (Phi) is 5.92. The van der Waals surface area contributed by atoms with Crippen LogP contribution in [-0.2, 0) is 4.74 Å². The van der Waals surface area contributed by atoms with Gasteiger partial charge in [0.25, 0.3) is 0 Å². The minimum absolute atomic E-state index is 0.237. The number of carbonyl (C=O) groups excluding carboxylic acids is 1. The lowest BCUT2D eigenvalue weighted by atomic mass is 10.2. The number of methoxy groups -OCH3 is 1. The van der Waals surface area contributed by atoms with Crippen LogP contribution in [0.4, 0.5) is 11.4 Å². The predicted molar refractivity (Wildman–Crippen MR) is 83.1 cm³/mol. The Morgan fingerprint density at radius 1 is 1.10 bits per heavy atom. The molecule has 21 heavy (non-hydrogen) atoms. The van der Waals surface area contributed by atoms with Crippen LogP contribution < -0.4 is 11.5 Å². The zero-order chi connectivity index (χ0) is 16.0. The molecular weight excluding hydrogens is 292 g/mol. The van der Waals surface area contributed by atoms with Gasteiger partial charge >= 0.3 is 5.97 Å². The third-order valence-electron chi connectivity index (χ3n) is 2.65. The Hall–Kier alpha value is -2.34. The van der Waals surface area contributed by atoms with Crippen molar-refractivity contribution in [2.45, 2.75) is 13.8 Å². The van der Waals surface area contributed by atoms with Gasteiger partial charge in [-0.2, -0.15) is 0 Å². The molecule has 2 aromatic heterocycles. The highest BCUT2D eigenvalue weighted by Gasteiger charge is 2.07. The molecule has 0 saturated carbocycles. The number of aryl methyl sites for hydroxylation is 2. The number of hydrogen-bond acceptors (Lipinski definition) is 6. The minimum Gasteiger partial charge on any atom is -0.464 e. The summed E-state index contributed by atoms with van der Waals surface area (Å²) in [5.74, 6) is -0.471. The van der Waals surface area contributed by atoms with Crippen molar-refractivity contribution in [1.82, 2.24) is 9.97 Å². The molecule has 0 aromatic carbocycles. The van der Waals surface area contributed by atoms with Crippen molar-refractivity contribution < 1.29 is 9.53 Å². The number of esters is 1. The average molecular weight is 309 g/mol. The summed E-state index contributed by atoms with van der Waals surface area (Å²) in [6, 6.07) is 3.14. The number of nitrogen functional groups attached to an aromatic ring is 2. The van der Waals surface area contributed by atoms with E-state index in [1.165, 1.54) is 13.2 Å². The summed E-state index contributed by atoms with van der Waals surface area (Å²) in [7, 11) is 1.31. The van der Waals surface area contributed by atoms with E-state index >= 15 is 0 Å². The number of pyridine rings is 2. The fraction of sp³-hybridized carbons (Fsp3) is 0.214. The molecule has 7 heteroatoms. The first kappa shape index (κ1) is 16.7. The largest absolute Gasteiger partial charge is 0.464 e. The van der Waals surface area contributed by atoms with Crippen LogP contribution in [0.15, 0.2) is 24.5 Å². The summed E-state index contributed by atoms with van der Waals surface area (Å²) >= 11 is 5.53. The summed E-state index contributed by atoms with van der Waals surface area (Å²) < 4.78 is 4.47. The van der Waals surface area contributed by atoms with E-state index in [2.05, 4.69) is 14.7 Å². The lowest BCUT2D eigenvalue weighted by Crippen LogP contribution is -2.05. The standard InChI is InChI=1S/C8H10N2O2.C6H7ClN2/c1-5-4-10-7(3-6(5)9)8(11)12-2;1-4-3-9-6(7)2-5(4)8/h3-4H,1-2H3,(H2,9,10);2-3H,1H3,(H2,8,9). The van der Waals surface area contributed by atoms with Gasteiger partial charge < -0.3 is 16.2 Å². The molecule has 0 aliphatic heterocycles. The van der Waals surface area contributed by atoms with Gasteiger partial charge in [0.15, 0.2) is 0 Å². The number of rotatable bonds is 1. The van der Waals surface area contributed by atoms with Gasteiger partial charge in [-0.3, -0.25) is 0 Å². The number of aromatic nitrogens is 2. The summed E-state index contributed by atoms with van der Waals surface area (Å²) in [6.07, 6.45) is 3.19. The SMILES string of the molecule is COC(=O)c1cc(N)c(C)cn1.Cc1cnc(Cl)cc1N. The third-order valence-corrected chi connectivity index (χ3v) is 2.86. The maximum absolute atomic E-state index is 10.9. The molecule has 0 unspecified atom stereocenters. The summed E-state index contributed by atoms with van der Waals surface area (Å²) in [5, 5.41) is 0.443. The number of ether oxygens (including phenoxy) is 1. The molecule has 0 fully saturated rings. The van der Waals surface area contributed by atoms with Crippen LogP contribution in [0.2, 0.25) is 5.15 Å². The number of anilines is 2. The molecule has 0 radical (unpaired) electrons. The zero-order valence-corrected chi connectivity index (χ0v) is 12.8. The monoisotopic (exact) mass is 308 g/mol. The Morgan fingerprint density at radius 3 is 2.05 bits per heavy atom. The van der Waals surface area contributed by atoms with E-state index in [1.54, 1.807) is 18.5 Å². The number of halogens is 1. The van der Waals surface area contributed by atoms with Gasteiger partial charge in [0.1, 0.15) is 10.8 Å². The second-order valence-electron chi connectivity index (χ2n) is 4.28. The summed E-state index contributed by atoms with van der Waals surface area (Å²) in [4.78, 5) is 18.6. The Bertz CT molecular complexity index is 647. The maximum atomic E-state index is 10.9. The third kappa shape index (κ3) is 4.92. The molecule has 2 heterocycles. The molecule has 0 aliphatic carbocycles. The van der Waals surface area contributed by atoms with Gasteiger partial charge in [-0.05, 0) is 37.1 Å². The van der Waals surface area contributed by atoms with Crippen LogP contribution in [-0.4, -0.2) is 23.0 Å². The second kappa shape index (κ2) is 7.44. The molecule has 0 bridgehead atoms. The Morgan fingerprint density at radius 2 is 1.62 bits per heavy atom. The van der Waals surface area contributed by atoms with Gasteiger partial charge in [-0.1, -0.05) is 11.6 Å². The van der Waals surface area contributed by atoms with Crippen molar-refractivity contribution in [3.8, 4) is 0 Å². The Balaban J connectivity index is 0.000000219. The summed E-state index contributed by atoms with van der Waals surface area (Å²) in [5.41, 5.74) is 14.3. The predicted octanol–water partition coefficient (Wildman–Crippen LogP) is 2.38. The van der Waals surface area contributed by atoms with Crippen LogP contribution in [0.25, 0.3) is 0 Å². The molecule has 112 valence electrons. The van der Waals surface area contributed by atoms with E-state index in [4.69, 9.17) is 23.1 Å². The lowest BCUT2D eigenvalue weighted by Gasteiger charge is -2.01. The highest BCUT2D eigenvalue weighted by molar-refractivity contribution is 6.29. The molecule has 0 atom stereocenters. The first-order chi connectivity index (χ1) is 9.85. The second-order valence-corrected chi connectivity index (χ2v) is 4.67. The van der Waals surface area contributed by atoms with Crippen LogP contribution in [0, 0.1) is 13.8 Å². The van der Waals surface area contributed by atoms with Crippen molar-refractivity contribution in [3.63, 3.8) is 0 Å². The first-order valence-electron chi connectivity index (χ1n) is 6.03. The molecule has 6 nitrogen and oxygen atoms in total. The maximum Gasteiger partial charge on any atom is 0.356 e. The molecule has 0 saturated heterocycles. The van der Waals surface area contributed by atoms with E-state index in [1.807, 2.05) is 13.8 Å². The average Bonchev–Trinajstić information content (AvgIpc) is 2.46. The minimum atomic E-state index is -0.471. The van der Waals surface area contributed by atoms with Crippen LogP contribution in [0.5, 0.6) is 0 Å². The Labute approximate surface area is 128 Å². The number of nitrogens with two attached hydrogens (primary N) is 2. The van der Waals surface area contributed by atoms with Crippen molar-refractivity contribution in [3.05, 3.63) is 46.5 Å². The smallest absolute Gasteiger partial charge is 0.356 e. The van der Waals surface area contributed by atoms with Gasteiger partial charge in [0.2, 0.25) is 0 Å². The van der Waals surface area contributed by atoms with E-state index < -0.39 is 5.97 Å². The fourth-order valence-corrected chi connectivity index (χ4v) is 1.43. The number of hydrogen-bond donors (Lipinski definition) is 2. The van der Waals surface area contributed by atoms with Crippen molar-refractivity contribution in [2.75, 3.05) is 18.6 Å². The van der Waals surface area contributed by atoms with Crippen LogP contribution in [0.1, 0.15) is 21.6 Å². The molecule has 0 amide bonds.